The molecule has 1 aromatic heterocycles. The van der Waals surface area contributed by atoms with Crippen molar-refractivity contribution >= 4 is 29.3 Å². The number of carbonyl (C=O) groups excluding carboxylic acids is 2. The van der Waals surface area contributed by atoms with Gasteiger partial charge >= 0.3 is 0 Å². The van der Waals surface area contributed by atoms with E-state index in [9.17, 15) is 9.59 Å². The van der Waals surface area contributed by atoms with Crippen molar-refractivity contribution in [3.8, 4) is 0 Å². The molecule has 3 aromatic rings. The van der Waals surface area contributed by atoms with Gasteiger partial charge in [0.15, 0.2) is 0 Å². The predicted octanol–water partition coefficient (Wildman–Crippen LogP) is 3.63. The van der Waals surface area contributed by atoms with Crippen molar-refractivity contribution in [2.24, 2.45) is 5.73 Å². The Bertz CT molecular complexity index is 935. The van der Waals surface area contributed by atoms with Crippen LogP contribution in [0.2, 0.25) is 0 Å². The molecule has 1 heterocycles. The molecule has 0 spiro atoms. The molecule has 3 N–H and O–H groups in total. The Balaban J connectivity index is 1.71. The first-order valence-electron chi connectivity index (χ1n) is 7.88. The molecule has 0 fully saturated rings. The fourth-order valence-corrected chi connectivity index (χ4v) is 3.25. The predicted molar refractivity (Wildman–Crippen MR) is 100 cm³/mol. The lowest BCUT2D eigenvalue weighted by molar-refractivity contribution is 0.0998. The zero-order chi connectivity index (χ0) is 18.5. The van der Waals surface area contributed by atoms with E-state index in [2.05, 4.69) is 10.5 Å². The van der Waals surface area contributed by atoms with E-state index in [-0.39, 0.29) is 5.91 Å². The Hall–Kier alpha value is -3.06. The number of hydrogen-bond acceptors (Lipinski definition) is 5. The van der Waals surface area contributed by atoms with Gasteiger partial charge in [0.2, 0.25) is 5.91 Å². The molecule has 6 nitrogen and oxygen atoms in total. The van der Waals surface area contributed by atoms with Gasteiger partial charge in [0.1, 0.15) is 5.76 Å². The van der Waals surface area contributed by atoms with Crippen LogP contribution in [-0.2, 0) is 5.75 Å². The lowest BCUT2D eigenvalue weighted by Gasteiger charge is -2.09. The number of nitrogens with one attached hydrogen (secondary N) is 1. The minimum absolute atomic E-state index is 0.228. The summed E-state index contributed by atoms with van der Waals surface area (Å²) in [6, 6.07) is 15.7. The first-order valence-corrected chi connectivity index (χ1v) is 8.87. The van der Waals surface area contributed by atoms with E-state index >= 15 is 0 Å². The van der Waals surface area contributed by atoms with Crippen molar-refractivity contribution in [3.05, 3.63) is 77.2 Å². The van der Waals surface area contributed by atoms with Gasteiger partial charge in [0.05, 0.1) is 17.0 Å². The van der Waals surface area contributed by atoms with Crippen molar-refractivity contribution in [1.82, 2.24) is 5.16 Å². The van der Waals surface area contributed by atoms with E-state index in [4.69, 9.17) is 10.3 Å². The van der Waals surface area contributed by atoms with Crippen LogP contribution in [0.1, 0.15) is 32.2 Å². The first kappa shape index (κ1) is 17.8. The van der Waals surface area contributed by atoms with Gasteiger partial charge in [-0.1, -0.05) is 17.3 Å². The van der Waals surface area contributed by atoms with E-state index < -0.39 is 5.91 Å². The normalized spacial score (nSPS) is 10.5. The Morgan fingerprint density at radius 1 is 1.15 bits per heavy atom. The third kappa shape index (κ3) is 4.31. The molecule has 3 rings (SSSR count). The standard InChI is InChI=1S/C19H17N3O3S/c1-12-10-15(25-22-12)11-26-17-5-3-2-4-16(17)19(24)21-14-8-6-13(7-9-14)18(20)23/h2-10H,11H2,1H3,(H2,20,23)(H,21,24). The first-order chi connectivity index (χ1) is 12.5. The molecule has 0 saturated carbocycles. The topological polar surface area (TPSA) is 98.2 Å². The largest absolute Gasteiger partial charge is 0.366 e. The van der Waals surface area contributed by atoms with Crippen LogP contribution >= 0.6 is 11.8 Å². The van der Waals surface area contributed by atoms with E-state index in [0.717, 1.165) is 16.3 Å². The molecule has 0 saturated heterocycles. The zero-order valence-corrected chi connectivity index (χ0v) is 14.9. The number of aromatic nitrogens is 1. The molecule has 2 aromatic carbocycles. The van der Waals surface area contributed by atoms with Gasteiger partial charge in [-0.3, -0.25) is 9.59 Å². The highest BCUT2D eigenvalue weighted by Crippen LogP contribution is 2.27. The quantitative estimate of drug-likeness (QED) is 0.648. The fraction of sp³-hybridized carbons (Fsp3) is 0.105. The van der Waals surface area contributed by atoms with Crippen LogP contribution in [0.3, 0.4) is 0 Å². The van der Waals surface area contributed by atoms with Crippen LogP contribution in [-0.4, -0.2) is 17.0 Å². The molecule has 0 radical (unpaired) electrons. The summed E-state index contributed by atoms with van der Waals surface area (Å²) in [5, 5.41) is 6.69. The average molecular weight is 367 g/mol. The van der Waals surface area contributed by atoms with Crippen molar-refractivity contribution in [1.29, 1.82) is 0 Å². The Morgan fingerprint density at radius 3 is 2.54 bits per heavy atom. The molecule has 26 heavy (non-hydrogen) atoms. The Labute approximate surface area is 154 Å². The number of nitrogens with zero attached hydrogens (tertiary/aromatic N) is 1. The van der Waals surface area contributed by atoms with Gasteiger partial charge in [0, 0.05) is 22.2 Å². The maximum atomic E-state index is 12.6. The number of amides is 2. The number of carbonyl (C=O) groups is 2. The highest BCUT2D eigenvalue weighted by Gasteiger charge is 2.13. The molecule has 0 aliphatic rings. The number of primary amides is 1. The van der Waals surface area contributed by atoms with Gasteiger partial charge in [-0.25, -0.2) is 0 Å². The summed E-state index contributed by atoms with van der Waals surface area (Å²) in [7, 11) is 0. The average Bonchev–Trinajstić information content (AvgIpc) is 3.06. The number of benzene rings is 2. The molecular weight excluding hydrogens is 350 g/mol. The van der Waals surface area contributed by atoms with Crippen molar-refractivity contribution in [2.75, 3.05) is 5.32 Å². The highest BCUT2D eigenvalue weighted by atomic mass is 32.2. The Morgan fingerprint density at radius 2 is 1.88 bits per heavy atom. The molecule has 0 aliphatic carbocycles. The van der Waals surface area contributed by atoms with E-state index in [1.165, 1.54) is 11.8 Å². The Kier molecular flexibility index (Phi) is 5.38. The summed E-state index contributed by atoms with van der Waals surface area (Å²) in [6.45, 7) is 1.86. The summed E-state index contributed by atoms with van der Waals surface area (Å²) in [5.74, 6) is 0.601. The summed E-state index contributed by atoms with van der Waals surface area (Å²) in [6.07, 6.45) is 0. The minimum atomic E-state index is -0.507. The lowest BCUT2D eigenvalue weighted by Crippen LogP contribution is -2.14. The molecule has 0 unspecified atom stereocenters. The number of anilines is 1. The smallest absolute Gasteiger partial charge is 0.256 e. The van der Waals surface area contributed by atoms with Crippen molar-refractivity contribution in [2.45, 2.75) is 17.6 Å². The van der Waals surface area contributed by atoms with Gasteiger partial charge in [-0.05, 0) is 43.3 Å². The third-order valence-electron chi connectivity index (χ3n) is 3.61. The van der Waals surface area contributed by atoms with Crippen LogP contribution in [0.15, 0.2) is 64.0 Å². The van der Waals surface area contributed by atoms with Gasteiger partial charge in [-0.2, -0.15) is 0 Å². The van der Waals surface area contributed by atoms with E-state index in [1.807, 2.05) is 31.2 Å². The number of thioether (sulfide) groups is 1. The second kappa shape index (κ2) is 7.88. The van der Waals surface area contributed by atoms with Gasteiger partial charge < -0.3 is 15.6 Å². The summed E-state index contributed by atoms with van der Waals surface area (Å²) in [4.78, 5) is 24.6. The van der Waals surface area contributed by atoms with Crippen molar-refractivity contribution in [3.63, 3.8) is 0 Å². The highest BCUT2D eigenvalue weighted by molar-refractivity contribution is 7.98. The van der Waals surface area contributed by atoms with Crippen LogP contribution in [0, 0.1) is 6.92 Å². The molecular formula is C19H17N3O3S. The van der Waals surface area contributed by atoms with E-state index in [1.54, 1.807) is 30.3 Å². The number of hydrogen-bond donors (Lipinski definition) is 2. The van der Waals surface area contributed by atoms with E-state index in [0.29, 0.717) is 22.6 Å². The maximum Gasteiger partial charge on any atom is 0.256 e. The minimum Gasteiger partial charge on any atom is -0.366 e. The van der Waals surface area contributed by atoms with Gasteiger partial charge in [-0.15, -0.1) is 11.8 Å². The molecule has 2 amide bonds. The number of rotatable bonds is 6. The third-order valence-corrected chi connectivity index (χ3v) is 4.70. The summed E-state index contributed by atoms with van der Waals surface area (Å²) in [5.41, 5.74) is 7.58. The molecule has 0 bridgehead atoms. The SMILES string of the molecule is Cc1cc(CSc2ccccc2C(=O)Nc2ccc(C(N)=O)cc2)on1. The van der Waals surface area contributed by atoms with Crippen LogP contribution in [0.4, 0.5) is 5.69 Å². The number of aryl methyl sites for hydroxylation is 1. The van der Waals surface area contributed by atoms with Gasteiger partial charge in [0.25, 0.3) is 5.91 Å². The van der Waals surface area contributed by atoms with Crippen LogP contribution < -0.4 is 11.1 Å². The molecule has 132 valence electrons. The van der Waals surface area contributed by atoms with Crippen LogP contribution in [0.25, 0.3) is 0 Å². The maximum absolute atomic E-state index is 12.6. The summed E-state index contributed by atoms with van der Waals surface area (Å²) < 4.78 is 5.20. The molecule has 7 heteroatoms. The monoisotopic (exact) mass is 367 g/mol. The second-order valence-electron chi connectivity index (χ2n) is 5.62. The fourth-order valence-electron chi connectivity index (χ4n) is 2.33. The lowest BCUT2D eigenvalue weighted by atomic mass is 10.1. The second-order valence-corrected chi connectivity index (χ2v) is 6.63. The molecule has 0 atom stereocenters. The zero-order valence-electron chi connectivity index (χ0n) is 14.1. The van der Waals surface area contributed by atoms with Crippen LogP contribution in [0.5, 0.6) is 0 Å². The molecule has 0 aliphatic heterocycles. The number of nitrogens with two attached hydrogens (primary N) is 1. The van der Waals surface area contributed by atoms with Crippen molar-refractivity contribution < 1.29 is 14.1 Å². The summed E-state index contributed by atoms with van der Waals surface area (Å²) >= 11 is 1.50.